The van der Waals surface area contributed by atoms with E-state index in [0.717, 1.165) is 0 Å². The minimum Gasteiger partial charge on any atom is -0.481 e. The van der Waals surface area contributed by atoms with E-state index in [1.165, 1.54) is 20.3 Å². The summed E-state index contributed by atoms with van der Waals surface area (Å²) in [6.07, 6.45) is 2.94. The van der Waals surface area contributed by atoms with Gasteiger partial charge in [0.05, 0.1) is 14.2 Å². The molecule has 0 aliphatic carbocycles. The van der Waals surface area contributed by atoms with Crippen LogP contribution in [0.25, 0.3) is 6.08 Å². The molecule has 1 rings (SSSR count). The zero-order chi connectivity index (χ0) is 14.5. The highest BCUT2D eigenvalue weighted by Crippen LogP contribution is 2.21. The Morgan fingerprint density at radius 1 is 1.21 bits per heavy atom. The SMILES string of the molecule is COc1ccc(/C=C/C(=O)OC(C)(C)C)c(OC)n1. The van der Waals surface area contributed by atoms with Crippen molar-refractivity contribution in [1.29, 1.82) is 0 Å². The highest BCUT2D eigenvalue weighted by Gasteiger charge is 2.14. The molecule has 0 aromatic carbocycles. The van der Waals surface area contributed by atoms with Crippen molar-refractivity contribution in [3.05, 3.63) is 23.8 Å². The van der Waals surface area contributed by atoms with Crippen molar-refractivity contribution in [2.24, 2.45) is 0 Å². The van der Waals surface area contributed by atoms with Crippen molar-refractivity contribution in [1.82, 2.24) is 4.98 Å². The molecule has 1 heterocycles. The number of carbonyl (C=O) groups excluding carboxylic acids is 1. The summed E-state index contributed by atoms with van der Waals surface area (Å²) in [5, 5.41) is 0. The first kappa shape index (κ1) is 15.0. The Morgan fingerprint density at radius 3 is 2.42 bits per heavy atom. The molecule has 1 aromatic heterocycles. The van der Waals surface area contributed by atoms with Crippen LogP contribution in [-0.4, -0.2) is 30.8 Å². The van der Waals surface area contributed by atoms with Crippen LogP contribution in [0.2, 0.25) is 0 Å². The number of methoxy groups -OCH3 is 2. The molecule has 0 saturated carbocycles. The second-order valence-electron chi connectivity index (χ2n) is 4.82. The summed E-state index contributed by atoms with van der Waals surface area (Å²) >= 11 is 0. The molecule has 5 nitrogen and oxygen atoms in total. The first-order valence-electron chi connectivity index (χ1n) is 5.86. The molecule has 0 N–H and O–H groups in total. The minimum absolute atomic E-state index is 0.388. The predicted molar refractivity (Wildman–Crippen MR) is 72.2 cm³/mol. The lowest BCUT2D eigenvalue weighted by Crippen LogP contribution is -2.22. The highest BCUT2D eigenvalue weighted by molar-refractivity contribution is 5.87. The van der Waals surface area contributed by atoms with Gasteiger partial charge in [-0.2, -0.15) is 4.98 Å². The molecule has 0 unspecified atom stereocenters. The minimum atomic E-state index is -0.510. The molecule has 5 heteroatoms. The Labute approximate surface area is 113 Å². The van der Waals surface area contributed by atoms with Crippen molar-refractivity contribution < 1.29 is 19.0 Å². The Bertz CT molecular complexity index is 475. The number of nitrogens with zero attached hydrogens (tertiary/aromatic N) is 1. The lowest BCUT2D eigenvalue weighted by atomic mass is 10.2. The van der Waals surface area contributed by atoms with Gasteiger partial charge in [0, 0.05) is 17.7 Å². The molecule has 0 radical (unpaired) electrons. The van der Waals surface area contributed by atoms with Gasteiger partial charge in [-0.3, -0.25) is 0 Å². The molecule has 0 aliphatic rings. The second-order valence-corrected chi connectivity index (χ2v) is 4.82. The van der Waals surface area contributed by atoms with E-state index in [9.17, 15) is 4.79 Å². The highest BCUT2D eigenvalue weighted by atomic mass is 16.6. The van der Waals surface area contributed by atoms with Crippen molar-refractivity contribution in [3.63, 3.8) is 0 Å². The van der Waals surface area contributed by atoms with Gasteiger partial charge in [0.15, 0.2) is 0 Å². The Hall–Kier alpha value is -2.04. The van der Waals surface area contributed by atoms with Crippen molar-refractivity contribution in [3.8, 4) is 11.8 Å². The number of esters is 1. The van der Waals surface area contributed by atoms with Crippen LogP contribution in [0.4, 0.5) is 0 Å². The average Bonchev–Trinajstić information content (AvgIpc) is 2.34. The van der Waals surface area contributed by atoms with Gasteiger partial charge in [-0.05, 0) is 32.9 Å². The molecular weight excluding hydrogens is 246 g/mol. The van der Waals surface area contributed by atoms with Crippen molar-refractivity contribution in [2.75, 3.05) is 14.2 Å². The Morgan fingerprint density at radius 2 is 1.89 bits per heavy atom. The van der Waals surface area contributed by atoms with E-state index >= 15 is 0 Å². The van der Waals surface area contributed by atoms with Crippen LogP contribution < -0.4 is 9.47 Å². The van der Waals surface area contributed by atoms with E-state index in [-0.39, 0.29) is 0 Å². The zero-order valence-electron chi connectivity index (χ0n) is 11.9. The molecule has 0 aliphatic heterocycles. The molecule has 1 aromatic rings. The van der Waals surface area contributed by atoms with Gasteiger partial charge in [-0.25, -0.2) is 4.79 Å². The van der Waals surface area contributed by atoms with Gasteiger partial charge in [0.2, 0.25) is 11.8 Å². The van der Waals surface area contributed by atoms with E-state index in [1.54, 1.807) is 18.2 Å². The Balaban J connectivity index is 2.84. The van der Waals surface area contributed by atoms with E-state index < -0.39 is 11.6 Å². The molecule has 104 valence electrons. The summed E-state index contributed by atoms with van der Waals surface area (Å²) in [5.74, 6) is 0.427. The summed E-state index contributed by atoms with van der Waals surface area (Å²) in [5.41, 5.74) is 0.165. The lowest BCUT2D eigenvalue weighted by Gasteiger charge is -2.17. The number of pyridine rings is 1. The van der Waals surface area contributed by atoms with Crippen molar-refractivity contribution in [2.45, 2.75) is 26.4 Å². The number of hydrogen-bond acceptors (Lipinski definition) is 5. The smallest absolute Gasteiger partial charge is 0.331 e. The van der Waals surface area contributed by atoms with Crippen LogP contribution >= 0.6 is 0 Å². The summed E-state index contributed by atoms with van der Waals surface area (Å²) in [7, 11) is 3.03. The van der Waals surface area contributed by atoms with Gasteiger partial charge in [-0.1, -0.05) is 0 Å². The average molecular weight is 265 g/mol. The molecule has 0 bridgehead atoms. The van der Waals surface area contributed by atoms with Gasteiger partial charge in [0.1, 0.15) is 5.60 Å². The summed E-state index contributed by atoms with van der Waals surface area (Å²) in [6.45, 7) is 5.44. The summed E-state index contributed by atoms with van der Waals surface area (Å²) in [4.78, 5) is 15.7. The van der Waals surface area contributed by atoms with Crippen LogP contribution in [0.15, 0.2) is 18.2 Å². The van der Waals surface area contributed by atoms with Gasteiger partial charge in [0.25, 0.3) is 0 Å². The first-order chi connectivity index (χ1) is 8.85. The number of carbonyl (C=O) groups is 1. The summed E-state index contributed by atoms with van der Waals surface area (Å²) < 4.78 is 15.3. The quantitative estimate of drug-likeness (QED) is 0.618. The molecule has 19 heavy (non-hydrogen) atoms. The fourth-order valence-corrected chi connectivity index (χ4v) is 1.33. The van der Waals surface area contributed by atoms with Crippen LogP contribution in [-0.2, 0) is 9.53 Å². The van der Waals surface area contributed by atoms with E-state index in [1.807, 2.05) is 20.8 Å². The maximum Gasteiger partial charge on any atom is 0.331 e. The van der Waals surface area contributed by atoms with Crippen LogP contribution in [0.3, 0.4) is 0 Å². The van der Waals surface area contributed by atoms with Gasteiger partial charge < -0.3 is 14.2 Å². The number of aromatic nitrogens is 1. The molecule has 0 fully saturated rings. The number of rotatable bonds is 4. The standard InChI is InChI=1S/C14H19NO4/c1-14(2,3)19-12(16)9-7-10-6-8-11(17-4)15-13(10)18-5/h6-9H,1-5H3/b9-7+. The predicted octanol–water partition coefficient (Wildman–Crippen LogP) is 2.45. The maximum absolute atomic E-state index is 11.6. The number of hydrogen-bond donors (Lipinski definition) is 0. The third-order valence-electron chi connectivity index (χ3n) is 2.07. The first-order valence-corrected chi connectivity index (χ1v) is 5.86. The molecule has 0 saturated heterocycles. The molecule has 0 amide bonds. The lowest BCUT2D eigenvalue weighted by molar-refractivity contribution is -0.148. The van der Waals surface area contributed by atoms with Gasteiger partial charge in [-0.15, -0.1) is 0 Å². The van der Waals surface area contributed by atoms with E-state index in [0.29, 0.717) is 17.3 Å². The van der Waals surface area contributed by atoms with E-state index in [2.05, 4.69) is 4.98 Å². The zero-order valence-corrected chi connectivity index (χ0v) is 11.9. The number of ether oxygens (including phenoxy) is 3. The summed E-state index contributed by atoms with van der Waals surface area (Å²) in [6, 6.07) is 3.45. The third-order valence-corrected chi connectivity index (χ3v) is 2.07. The van der Waals surface area contributed by atoms with E-state index in [4.69, 9.17) is 14.2 Å². The molecular formula is C14H19NO4. The largest absolute Gasteiger partial charge is 0.481 e. The maximum atomic E-state index is 11.6. The van der Waals surface area contributed by atoms with Crippen LogP contribution in [0.5, 0.6) is 11.8 Å². The van der Waals surface area contributed by atoms with Crippen LogP contribution in [0, 0.1) is 0 Å². The van der Waals surface area contributed by atoms with Crippen LogP contribution in [0.1, 0.15) is 26.3 Å². The fraction of sp³-hybridized carbons (Fsp3) is 0.429. The fourth-order valence-electron chi connectivity index (χ4n) is 1.33. The van der Waals surface area contributed by atoms with Gasteiger partial charge >= 0.3 is 5.97 Å². The monoisotopic (exact) mass is 265 g/mol. The molecule has 0 atom stereocenters. The topological polar surface area (TPSA) is 57.7 Å². The Kier molecular flexibility index (Phi) is 4.92. The normalized spacial score (nSPS) is 11.4. The third kappa shape index (κ3) is 4.99. The van der Waals surface area contributed by atoms with Crippen molar-refractivity contribution >= 4 is 12.0 Å². The molecule has 0 spiro atoms. The second kappa shape index (κ2) is 6.22.